The van der Waals surface area contributed by atoms with E-state index in [9.17, 15) is 9.18 Å². The minimum absolute atomic E-state index is 0.0212. The van der Waals surface area contributed by atoms with E-state index in [2.05, 4.69) is 21.2 Å². The molecule has 0 fully saturated rings. The van der Waals surface area contributed by atoms with Crippen LogP contribution in [0, 0.1) is 5.82 Å². The van der Waals surface area contributed by atoms with Crippen LogP contribution in [-0.4, -0.2) is 13.0 Å². The normalized spacial score (nSPS) is 11.8. The molecular weight excluding hydrogens is 337 g/mol. The van der Waals surface area contributed by atoms with Crippen LogP contribution in [0.1, 0.15) is 28.9 Å². The zero-order chi connectivity index (χ0) is 15.4. The van der Waals surface area contributed by atoms with Gasteiger partial charge in [0.05, 0.1) is 18.7 Å². The first-order valence-electron chi connectivity index (χ1n) is 6.41. The zero-order valence-corrected chi connectivity index (χ0v) is 13.3. The maximum Gasteiger partial charge on any atom is 0.254 e. The Morgan fingerprint density at radius 1 is 1.29 bits per heavy atom. The minimum Gasteiger partial charge on any atom is -0.497 e. The highest BCUT2D eigenvalue weighted by Gasteiger charge is 2.15. The van der Waals surface area contributed by atoms with E-state index in [-0.39, 0.29) is 11.6 Å². The second-order valence-electron chi connectivity index (χ2n) is 4.60. The molecule has 0 spiro atoms. The molecule has 1 atom stereocenters. The molecule has 0 saturated carbocycles. The van der Waals surface area contributed by atoms with Gasteiger partial charge >= 0.3 is 0 Å². The van der Waals surface area contributed by atoms with Crippen LogP contribution in [0.25, 0.3) is 0 Å². The first-order chi connectivity index (χ1) is 10.0. The van der Waals surface area contributed by atoms with Crippen molar-refractivity contribution in [1.82, 2.24) is 5.32 Å². The molecule has 0 saturated heterocycles. The van der Waals surface area contributed by atoms with E-state index in [4.69, 9.17) is 4.74 Å². The molecule has 0 bridgehead atoms. The van der Waals surface area contributed by atoms with E-state index in [1.54, 1.807) is 13.2 Å². The van der Waals surface area contributed by atoms with Gasteiger partial charge in [0, 0.05) is 4.47 Å². The van der Waals surface area contributed by atoms with Crippen LogP contribution in [0.3, 0.4) is 0 Å². The molecule has 110 valence electrons. The predicted molar refractivity (Wildman–Crippen MR) is 83.0 cm³/mol. The lowest BCUT2D eigenvalue weighted by Crippen LogP contribution is -2.27. The number of hydrogen-bond donors (Lipinski definition) is 1. The van der Waals surface area contributed by atoms with Crippen molar-refractivity contribution in [2.24, 2.45) is 0 Å². The molecular formula is C16H15BrFNO2. The second-order valence-corrected chi connectivity index (χ2v) is 5.51. The van der Waals surface area contributed by atoms with Crippen LogP contribution in [0.15, 0.2) is 46.9 Å². The molecule has 0 aromatic heterocycles. The Labute approximate surface area is 131 Å². The number of carbonyl (C=O) groups excluding carboxylic acids is 1. The molecule has 0 heterocycles. The van der Waals surface area contributed by atoms with Crippen molar-refractivity contribution in [3.8, 4) is 5.75 Å². The number of hydrogen-bond acceptors (Lipinski definition) is 2. The topological polar surface area (TPSA) is 38.3 Å². The Hall–Kier alpha value is -1.88. The van der Waals surface area contributed by atoms with Crippen LogP contribution < -0.4 is 10.1 Å². The van der Waals surface area contributed by atoms with Gasteiger partial charge in [-0.2, -0.15) is 0 Å². The van der Waals surface area contributed by atoms with Gasteiger partial charge in [0.25, 0.3) is 5.91 Å². The number of rotatable bonds is 4. The number of benzene rings is 2. The fraction of sp³-hybridized carbons (Fsp3) is 0.188. The van der Waals surface area contributed by atoms with Crippen LogP contribution in [0.4, 0.5) is 4.39 Å². The molecule has 2 aromatic rings. The SMILES string of the molecule is COc1cccc(C(C)NC(=O)c2ccc(Br)cc2F)c1. The lowest BCUT2D eigenvalue weighted by atomic mass is 10.1. The predicted octanol–water partition coefficient (Wildman–Crippen LogP) is 4.09. The van der Waals surface area contributed by atoms with Gasteiger partial charge in [0.2, 0.25) is 0 Å². The molecule has 0 aliphatic rings. The Balaban J connectivity index is 2.14. The summed E-state index contributed by atoms with van der Waals surface area (Å²) in [5.74, 6) is -0.293. The van der Waals surface area contributed by atoms with Crippen molar-refractivity contribution in [1.29, 1.82) is 0 Å². The summed E-state index contributed by atoms with van der Waals surface area (Å²) >= 11 is 3.16. The highest BCUT2D eigenvalue weighted by Crippen LogP contribution is 2.20. The number of amides is 1. The van der Waals surface area contributed by atoms with Crippen LogP contribution >= 0.6 is 15.9 Å². The Morgan fingerprint density at radius 2 is 2.05 bits per heavy atom. The van der Waals surface area contributed by atoms with Gasteiger partial charge in [-0.05, 0) is 42.8 Å². The van der Waals surface area contributed by atoms with Gasteiger partial charge in [0.1, 0.15) is 11.6 Å². The van der Waals surface area contributed by atoms with Crippen LogP contribution in [-0.2, 0) is 0 Å². The maximum absolute atomic E-state index is 13.8. The van der Waals surface area contributed by atoms with E-state index in [1.165, 1.54) is 12.1 Å². The largest absolute Gasteiger partial charge is 0.497 e. The van der Waals surface area contributed by atoms with Crippen LogP contribution in [0.5, 0.6) is 5.75 Å². The summed E-state index contributed by atoms with van der Waals surface area (Å²) < 4.78 is 19.5. The summed E-state index contributed by atoms with van der Waals surface area (Å²) in [5.41, 5.74) is 0.910. The molecule has 1 unspecified atom stereocenters. The van der Waals surface area contributed by atoms with Crippen molar-refractivity contribution >= 4 is 21.8 Å². The third kappa shape index (κ3) is 3.82. The maximum atomic E-state index is 13.8. The number of ether oxygens (including phenoxy) is 1. The van der Waals surface area contributed by atoms with Crippen LogP contribution in [0.2, 0.25) is 0 Å². The average molecular weight is 352 g/mol. The molecule has 2 rings (SSSR count). The standard InChI is InChI=1S/C16H15BrFNO2/c1-10(11-4-3-5-13(8-11)21-2)19-16(20)14-7-6-12(17)9-15(14)18/h3-10H,1-2H3,(H,19,20). The quantitative estimate of drug-likeness (QED) is 0.900. The van der Waals surface area contributed by atoms with E-state index in [1.807, 2.05) is 31.2 Å². The van der Waals surface area contributed by atoms with E-state index < -0.39 is 11.7 Å². The van der Waals surface area contributed by atoms with Gasteiger partial charge in [0.15, 0.2) is 0 Å². The summed E-state index contributed by atoms with van der Waals surface area (Å²) in [4.78, 5) is 12.1. The summed E-state index contributed by atoms with van der Waals surface area (Å²) in [6.45, 7) is 1.84. The van der Waals surface area contributed by atoms with Crippen molar-refractivity contribution in [2.75, 3.05) is 7.11 Å². The fourth-order valence-electron chi connectivity index (χ4n) is 1.94. The highest BCUT2D eigenvalue weighted by molar-refractivity contribution is 9.10. The molecule has 0 radical (unpaired) electrons. The van der Waals surface area contributed by atoms with Crippen molar-refractivity contribution in [2.45, 2.75) is 13.0 Å². The van der Waals surface area contributed by atoms with Gasteiger partial charge in [-0.1, -0.05) is 28.1 Å². The minimum atomic E-state index is -0.556. The highest BCUT2D eigenvalue weighted by atomic mass is 79.9. The monoisotopic (exact) mass is 351 g/mol. The molecule has 1 N–H and O–H groups in total. The van der Waals surface area contributed by atoms with Gasteiger partial charge in [-0.3, -0.25) is 4.79 Å². The van der Waals surface area contributed by atoms with E-state index in [0.717, 1.165) is 5.56 Å². The molecule has 0 aliphatic heterocycles. The average Bonchev–Trinajstić information content (AvgIpc) is 2.47. The van der Waals surface area contributed by atoms with Crippen molar-refractivity contribution < 1.29 is 13.9 Å². The lowest BCUT2D eigenvalue weighted by molar-refractivity contribution is 0.0935. The second kappa shape index (κ2) is 6.72. The summed E-state index contributed by atoms with van der Waals surface area (Å²) in [5, 5.41) is 2.77. The first-order valence-corrected chi connectivity index (χ1v) is 7.20. The molecule has 5 heteroatoms. The summed E-state index contributed by atoms with van der Waals surface area (Å²) in [6, 6.07) is 11.5. The Morgan fingerprint density at radius 3 is 2.71 bits per heavy atom. The third-order valence-corrected chi connectivity index (χ3v) is 3.61. The number of methoxy groups -OCH3 is 1. The number of nitrogens with one attached hydrogen (secondary N) is 1. The molecule has 0 aliphatic carbocycles. The third-order valence-electron chi connectivity index (χ3n) is 3.12. The van der Waals surface area contributed by atoms with Gasteiger partial charge in [-0.15, -0.1) is 0 Å². The molecule has 21 heavy (non-hydrogen) atoms. The smallest absolute Gasteiger partial charge is 0.254 e. The van der Waals surface area contributed by atoms with E-state index >= 15 is 0 Å². The molecule has 1 amide bonds. The van der Waals surface area contributed by atoms with Crippen molar-refractivity contribution in [3.05, 3.63) is 63.9 Å². The fourth-order valence-corrected chi connectivity index (χ4v) is 2.28. The van der Waals surface area contributed by atoms with Gasteiger partial charge < -0.3 is 10.1 Å². The lowest BCUT2D eigenvalue weighted by Gasteiger charge is -2.15. The zero-order valence-electron chi connectivity index (χ0n) is 11.7. The van der Waals surface area contributed by atoms with E-state index in [0.29, 0.717) is 10.2 Å². The first kappa shape index (κ1) is 15.5. The summed E-state index contributed by atoms with van der Waals surface area (Å²) in [7, 11) is 1.58. The molecule has 3 nitrogen and oxygen atoms in total. The summed E-state index contributed by atoms with van der Waals surface area (Å²) in [6.07, 6.45) is 0. The van der Waals surface area contributed by atoms with Gasteiger partial charge in [-0.25, -0.2) is 4.39 Å². The Bertz CT molecular complexity index is 660. The Kier molecular flexibility index (Phi) is 4.96. The molecule has 2 aromatic carbocycles. The van der Waals surface area contributed by atoms with Crippen molar-refractivity contribution in [3.63, 3.8) is 0 Å². The number of carbonyl (C=O) groups is 1. The number of halogens is 2.